The van der Waals surface area contributed by atoms with Crippen LogP contribution in [-0.4, -0.2) is 23.7 Å². The quantitative estimate of drug-likeness (QED) is 0.503. The number of carboxylic acid groups (broad SMARTS) is 1. The number of aromatic carboxylic acids is 1. The number of esters is 1. The molecule has 4 nitrogen and oxygen atoms in total. The van der Waals surface area contributed by atoms with Gasteiger partial charge >= 0.3 is 11.9 Å². The molecule has 0 aliphatic heterocycles. The minimum absolute atomic E-state index is 0.299. The number of carbonyl (C=O) groups excluding carboxylic acids is 1. The van der Waals surface area contributed by atoms with Gasteiger partial charge < -0.3 is 9.84 Å². The highest BCUT2D eigenvalue weighted by Crippen LogP contribution is 2.21. The Morgan fingerprint density at radius 3 is 2.68 bits per heavy atom. The van der Waals surface area contributed by atoms with Gasteiger partial charge in [0.25, 0.3) is 0 Å². The molecule has 2 aromatic rings. The molecule has 0 spiro atoms. The van der Waals surface area contributed by atoms with E-state index in [0.29, 0.717) is 30.6 Å². The molecular weight excluding hydrogens is 280 g/mol. The van der Waals surface area contributed by atoms with Crippen molar-refractivity contribution >= 4 is 22.7 Å². The van der Waals surface area contributed by atoms with Crippen LogP contribution in [0.1, 0.15) is 29.3 Å². The summed E-state index contributed by atoms with van der Waals surface area (Å²) in [5.74, 6) is -1.31. The van der Waals surface area contributed by atoms with E-state index in [-0.39, 0.29) is 5.97 Å². The third-order valence-electron chi connectivity index (χ3n) is 3.37. The second-order valence-electron chi connectivity index (χ2n) is 5.19. The predicted molar refractivity (Wildman–Crippen MR) is 85.0 cm³/mol. The van der Waals surface area contributed by atoms with Crippen LogP contribution in [0.4, 0.5) is 0 Å². The topological polar surface area (TPSA) is 63.6 Å². The number of rotatable bonds is 6. The third kappa shape index (κ3) is 3.73. The molecule has 0 atom stereocenters. The molecule has 4 heteroatoms. The molecule has 22 heavy (non-hydrogen) atoms. The second kappa shape index (κ2) is 6.89. The number of hydrogen-bond donors (Lipinski definition) is 1. The van der Waals surface area contributed by atoms with E-state index >= 15 is 0 Å². The standard InChI is InChI=1S/C18H18O4/c1-12(2)18(21)22-10-4-5-13-8-9-14-6-3-7-15(17(19)20)16(14)11-13/h3,6-9,11H,1,4-5,10H2,2H3,(H,19,20). The van der Waals surface area contributed by atoms with Crippen molar-refractivity contribution in [3.05, 3.63) is 59.7 Å². The summed E-state index contributed by atoms with van der Waals surface area (Å²) >= 11 is 0. The summed E-state index contributed by atoms with van der Waals surface area (Å²) in [5.41, 5.74) is 1.71. The number of aryl methyl sites for hydroxylation is 1. The van der Waals surface area contributed by atoms with E-state index in [1.54, 1.807) is 19.1 Å². The number of ether oxygens (including phenoxy) is 1. The van der Waals surface area contributed by atoms with Gasteiger partial charge in [-0.05, 0) is 42.2 Å². The van der Waals surface area contributed by atoms with Gasteiger partial charge in [-0.3, -0.25) is 0 Å². The lowest BCUT2D eigenvalue weighted by Gasteiger charge is -2.07. The highest BCUT2D eigenvalue weighted by atomic mass is 16.5. The first kappa shape index (κ1) is 15.8. The SMILES string of the molecule is C=C(C)C(=O)OCCCc1ccc2cccc(C(=O)O)c2c1. The predicted octanol–water partition coefficient (Wildman–Crippen LogP) is 3.59. The van der Waals surface area contributed by atoms with Crippen LogP contribution >= 0.6 is 0 Å². The first-order valence-corrected chi connectivity index (χ1v) is 7.06. The number of benzene rings is 2. The van der Waals surface area contributed by atoms with Crippen LogP contribution < -0.4 is 0 Å². The fourth-order valence-corrected chi connectivity index (χ4v) is 2.23. The molecule has 0 bridgehead atoms. The summed E-state index contributed by atoms with van der Waals surface area (Å²) in [4.78, 5) is 22.5. The normalized spacial score (nSPS) is 10.4. The largest absolute Gasteiger partial charge is 0.478 e. The highest BCUT2D eigenvalue weighted by molar-refractivity contribution is 6.03. The lowest BCUT2D eigenvalue weighted by molar-refractivity contribution is -0.139. The zero-order valence-electron chi connectivity index (χ0n) is 12.5. The van der Waals surface area contributed by atoms with Crippen LogP contribution in [0.15, 0.2) is 48.6 Å². The van der Waals surface area contributed by atoms with E-state index in [9.17, 15) is 14.7 Å². The number of carbonyl (C=O) groups is 2. The van der Waals surface area contributed by atoms with Gasteiger partial charge in [0.1, 0.15) is 0 Å². The molecule has 0 heterocycles. The van der Waals surface area contributed by atoms with Crippen LogP contribution in [-0.2, 0) is 16.0 Å². The van der Waals surface area contributed by atoms with Gasteiger partial charge in [0, 0.05) is 5.57 Å². The van der Waals surface area contributed by atoms with Gasteiger partial charge in [0.2, 0.25) is 0 Å². The summed E-state index contributed by atoms with van der Waals surface area (Å²) < 4.78 is 5.04. The van der Waals surface area contributed by atoms with Crippen molar-refractivity contribution in [2.45, 2.75) is 19.8 Å². The van der Waals surface area contributed by atoms with Crippen molar-refractivity contribution < 1.29 is 19.4 Å². The molecule has 0 aliphatic rings. The Morgan fingerprint density at radius 1 is 1.23 bits per heavy atom. The first-order chi connectivity index (χ1) is 10.5. The molecule has 1 N–H and O–H groups in total. The fraction of sp³-hybridized carbons (Fsp3) is 0.222. The van der Waals surface area contributed by atoms with Gasteiger partial charge in [0.05, 0.1) is 12.2 Å². The molecule has 0 aromatic heterocycles. The van der Waals surface area contributed by atoms with Crippen LogP contribution in [0.25, 0.3) is 10.8 Å². The van der Waals surface area contributed by atoms with E-state index in [2.05, 4.69) is 6.58 Å². The maximum Gasteiger partial charge on any atom is 0.336 e. The number of carboxylic acids is 1. The molecule has 114 valence electrons. The summed E-state index contributed by atoms with van der Waals surface area (Å²) in [6, 6.07) is 11.0. The monoisotopic (exact) mass is 298 g/mol. The summed E-state index contributed by atoms with van der Waals surface area (Å²) in [7, 11) is 0. The average molecular weight is 298 g/mol. The molecule has 0 saturated heterocycles. The van der Waals surface area contributed by atoms with Crippen molar-refractivity contribution in [1.82, 2.24) is 0 Å². The Kier molecular flexibility index (Phi) is 4.94. The molecule has 0 radical (unpaired) electrons. The average Bonchev–Trinajstić information content (AvgIpc) is 2.50. The summed E-state index contributed by atoms with van der Waals surface area (Å²) in [5, 5.41) is 10.9. The molecular formula is C18H18O4. The Labute approximate surface area is 129 Å². The Bertz CT molecular complexity index is 731. The molecule has 0 unspecified atom stereocenters. The highest BCUT2D eigenvalue weighted by Gasteiger charge is 2.08. The Hall–Kier alpha value is -2.62. The summed E-state index contributed by atoms with van der Waals surface area (Å²) in [6.45, 7) is 5.46. The minimum atomic E-state index is -0.932. The van der Waals surface area contributed by atoms with E-state index in [4.69, 9.17) is 4.74 Å². The van der Waals surface area contributed by atoms with Crippen molar-refractivity contribution in [3.63, 3.8) is 0 Å². The Morgan fingerprint density at radius 2 is 2.00 bits per heavy atom. The van der Waals surface area contributed by atoms with Crippen molar-refractivity contribution in [2.75, 3.05) is 6.61 Å². The maximum atomic E-state index is 11.3. The van der Waals surface area contributed by atoms with Crippen LogP contribution in [0.2, 0.25) is 0 Å². The van der Waals surface area contributed by atoms with Crippen LogP contribution in [0, 0.1) is 0 Å². The molecule has 2 rings (SSSR count). The molecule has 0 aliphatic carbocycles. The van der Waals surface area contributed by atoms with Crippen molar-refractivity contribution in [3.8, 4) is 0 Å². The van der Waals surface area contributed by atoms with Crippen molar-refractivity contribution in [1.29, 1.82) is 0 Å². The fourth-order valence-electron chi connectivity index (χ4n) is 2.23. The zero-order valence-corrected chi connectivity index (χ0v) is 12.5. The Balaban J connectivity index is 2.06. The van der Waals surface area contributed by atoms with E-state index < -0.39 is 5.97 Å². The van der Waals surface area contributed by atoms with Crippen molar-refractivity contribution in [2.24, 2.45) is 0 Å². The first-order valence-electron chi connectivity index (χ1n) is 7.06. The molecule has 2 aromatic carbocycles. The van der Waals surface area contributed by atoms with Gasteiger partial charge in [-0.1, -0.05) is 36.9 Å². The van der Waals surface area contributed by atoms with E-state index in [1.807, 2.05) is 24.3 Å². The lowest BCUT2D eigenvalue weighted by Crippen LogP contribution is -2.06. The lowest BCUT2D eigenvalue weighted by atomic mass is 10.00. The smallest absolute Gasteiger partial charge is 0.336 e. The molecule has 0 amide bonds. The zero-order chi connectivity index (χ0) is 16.1. The van der Waals surface area contributed by atoms with E-state index in [1.165, 1.54) is 0 Å². The number of fused-ring (bicyclic) bond motifs is 1. The number of hydrogen-bond acceptors (Lipinski definition) is 3. The molecule has 0 saturated carbocycles. The summed E-state index contributed by atoms with van der Waals surface area (Å²) in [6.07, 6.45) is 1.40. The van der Waals surface area contributed by atoms with E-state index in [0.717, 1.165) is 16.3 Å². The second-order valence-corrected chi connectivity index (χ2v) is 5.19. The maximum absolute atomic E-state index is 11.3. The van der Waals surface area contributed by atoms with Gasteiger partial charge in [-0.2, -0.15) is 0 Å². The van der Waals surface area contributed by atoms with Gasteiger partial charge in [-0.15, -0.1) is 0 Å². The van der Waals surface area contributed by atoms with Gasteiger partial charge in [0.15, 0.2) is 0 Å². The minimum Gasteiger partial charge on any atom is -0.478 e. The van der Waals surface area contributed by atoms with Crippen LogP contribution in [0.3, 0.4) is 0 Å². The van der Waals surface area contributed by atoms with Crippen LogP contribution in [0.5, 0.6) is 0 Å². The molecule has 0 fully saturated rings. The third-order valence-corrected chi connectivity index (χ3v) is 3.37. The van der Waals surface area contributed by atoms with Gasteiger partial charge in [-0.25, -0.2) is 9.59 Å².